The van der Waals surface area contributed by atoms with E-state index in [0.29, 0.717) is 5.75 Å². The van der Waals surface area contributed by atoms with Crippen LogP contribution in [0.1, 0.15) is 5.56 Å². The SMILES string of the molecule is COc1ccc(-c2ccc(-c3cccc(O)c3C)cc2)cc1. The molecule has 0 bridgehead atoms. The number of hydrogen-bond donors (Lipinski definition) is 1. The molecule has 0 heterocycles. The van der Waals surface area contributed by atoms with Crippen LogP contribution in [0.25, 0.3) is 22.3 Å². The highest BCUT2D eigenvalue weighted by atomic mass is 16.5. The minimum Gasteiger partial charge on any atom is -0.508 e. The van der Waals surface area contributed by atoms with Crippen LogP contribution in [0.3, 0.4) is 0 Å². The normalized spacial score (nSPS) is 10.5. The van der Waals surface area contributed by atoms with Crippen LogP contribution in [-0.2, 0) is 0 Å². The Morgan fingerprint density at radius 2 is 1.27 bits per heavy atom. The van der Waals surface area contributed by atoms with Crippen molar-refractivity contribution < 1.29 is 9.84 Å². The smallest absolute Gasteiger partial charge is 0.119 e. The summed E-state index contributed by atoms with van der Waals surface area (Å²) >= 11 is 0. The number of hydrogen-bond acceptors (Lipinski definition) is 2. The molecule has 0 saturated carbocycles. The van der Waals surface area contributed by atoms with Crippen LogP contribution in [0.15, 0.2) is 66.7 Å². The molecule has 0 radical (unpaired) electrons. The fraction of sp³-hybridized carbons (Fsp3) is 0.100. The fourth-order valence-corrected chi connectivity index (χ4v) is 2.56. The Bertz CT molecular complexity index is 772. The lowest BCUT2D eigenvalue weighted by molar-refractivity contribution is 0.415. The van der Waals surface area contributed by atoms with E-state index >= 15 is 0 Å². The molecule has 0 unspecified atom stereocenters. The van der Waals surface area contributed by atoms with Gasteiger partial charge in [-0.1, -0.05) is 48.5 Å². The van der Waals surface area contributed by atoms with Gasteiger partial charge in [0.1, 0.15) is 11.5 Å². The van der Waals surface area contributed by atoms with Crippen LogP contribution in [0.4, 0.5) is 0 Å². The highest BCUT2D eigenvalue weighted by Crippen LogP contribution is 2.31. The van der Waals surface area contributed by atoms with Crippen molar-refractivity contribution in [1.82, 2.24) is 0 Å². The quantitative estimate of drug-likeness (QED) is 0.732. The van der Waals surface area contributed by atoms with Crippen molar-refractivity contribution in [3.05, 3.63) is 72.3 Å². The predicted molar refractivity (Wildman–Crippen MR) is 90.3 cm³/mol. The molecule has 3 aromatic carbocycles. The number of phenolic OH excluding ortho intramolecular Hbond substituents is 1. The van der Waals surface area contributed by atoms with Gasteiger partial charge in [-0.3, -0.25) is 0 Å². The van der Waals surface area contributed by atoms with E-state index in [4.69, 9.17) is 4.74 Å². The molecule has 0 saturated heterocycles. The van der Waals surface area contributed by atoms with Crippen molar-refractivity contribution in [2.45, 2.75) is 6.92 Å². The van der Waals surface area contributed by atoms with Gasteiger partial charge in [-0.2, -0.15) is 0 Å². The average Bonchev–Trinajstić information content (AvgIpc) is 2.58. The molecule has 2 heteroatoms. The molecule has 2 nitrogen and oxygen atoms in total. The number of aromatic hydroxyl groups is 1. The van der Waals surface area contributed by atoms with Gasteiger partial charge in [-0.15, -0.1) is 0 Å². The molecule has 3 rings (SSSR count). The Labute approximate surface area is 130 Å². The Hall–Kier alpha value is -2.74. The molecule has 22 heavy (non-hydrogen) atoms. The second-order valence-electron chi connectivity index (χ2n) is 5.26. The number of benzene rings is 3. The van der Waals surface area contributed by atoms with Crippen molar-refractivity contribution in [2.24, 2.45) is 0 Å². The van der Waals surface area contributed by atoms with Gasteiger partial charge in [0.25, 0.3) is 0 Å². The Kier molecular flexibility index (Phi) is 3.84. The molecule has 0 spiro atoms. The van der Waals surface area contributed by atoms with E-state index in [-0.39, 0.29) is 0 Å². The van der Waals surface area contributed by atoms with Gasteiger partial charge in [0.05, 0.1) is 7.11 Å². The maximum absolute atomic E-state index is 9.83. The number of phenols is 1. The van der Waals surface area contributed by atoms with Gasteiger partial charge >= 0.3 is 0 Å². The summed E-state index contributed by atoms with van der Waals surface area (Å²) in [4.78, 5) is 0. The van der Waals surface area contributed by atoms with Crippen molar-refractivity contribution in [1.29, 1.82) is 0 Å². The average molecular weight is 290 g/mol. The van der Waals surface area contributed by atoms with Crippen LogP contribution in [0.5, 0.6) is 11.5 Å². The summed E-state index contributed by atoms with van der Waals surface area (Å²) < 4.78 is 5.18. The van der Waals surface area contributed by atoms with Crippen molar-refractivity contribution >= 4 is 0 Å². The molecule has 0 atom stereocenters. The Morgan fingerprint density at radius 1 is 0.727 bits per heavy atom. The van der Waals surface area contributed by atoms with E-state index < -0.39 is 0 Å². The summed E-state index contributed by atoms with van der Waals surface area (Å²) in [5.41, 5.74) is 5.37. The van der Waals surface area contributed by atoms with Gasteiger partial charge in [0, 0.05) is 0 Å². The first-order valence-electron chi connectivity index (χ1n) is 7.22. The molecule has 0 aromatic heterocycles. The van der Waals surface area contributed by atoms with Gasteiger partial charge in [0.2, 0.25) is 0 Å². The molecule has 0 aliphatic heterocycles. The van der Waals surface area contributed by atoms with Gasteiger partial charge in [0.15, 0.2) is 0 Å². The van der Waals surface area contributed by atoms with Crippen molar-refractivity contribution in [3.63, 3.8) is 0 Å². The summed E-state index contributed by atoms with van der Waals surface area (Å²) in [7, 11) is 1.67. The first-order valence-corrected chi connectivity index (χ1v) is 7.22. The Balaban J connectivity index is 1.93. The largest absolute Gasteiger partial charge is 0.508 e. The van der Waals surface area contributed by atoms with Gasteiger partial charge in [-0.05, 0) is 52.9 Å². The first-order chi connectivity index (χ1) is 10.7. The second kappa shape index (κ2) is 5.94. The van der Waals surface area contributed by atoms with E-state index in [1.165, 1.54) is 0 Å². The molecule has 110 valence electrons. The molecular weight excluding hydrogens is 272 g/mol. The molecule has 1 N–H and O–H groups in total. The third-order valence-electron chi connectivity index (χ3n) is 3.92. The van der Waals surface area contributed by atoms with Gasteiger partial charge in [-0.25, -0.2) is 0 Å². The summed E-state index contributed by atoms with van der Waals surface area (Å²) in [5.74, 6) is 1.19. The van der Waals surface area contributed by atoms with E-state index in [2.05, 4.69) is 24.3 Å². The van der Waals surface area contributed by atoms with E-state index in [0.717, 1.165) is 33.6 Å². The molecule has 0 aliphatic carbocycles. The third kappa shape index (κ3) is 2.68. The first kappa shape index (κ1) is 14.2. The van der Waals surface area contributed by atoms with Crippen LogP contribution in [-0.4, -0.2) is 12.2 Å². The minimum atomic E-state index is 0.330. The topological polar surface area (TPSA) is 29.5 Å². The second-order valence-corrected chi connectivity index (χ2v) is 5.26. The van der Waals surface area contributed by atoms with Crippen molar-refractivity contribution in [3.8, 4) is 33.8 Å². The number of ether oxygens (including phenoxy) is 1. The third-order valence-corrected chi connectivity index (χ3v) is 3.92. The zero-order valence-electron chi connectivity index (χ0n) is 12.7. The molecular formula is C20H18O2. The zero-order chi connectivity index (χ0) is 15.5. The minimum absolute atomic E-state index is 0.330. The fourth-order valence-electron chi connectivity index (χ4n) is 2.56. The standard InChI is InChI=1S/C20H18O2/c1-14-19(4-3-5-20(14)21)17-8-6-15(7-9-17)16-10-12-18(22-2)13-11-16/h3-13,21H,1-2H3. The van der Waals surface area contributed by atoms with Crippen molar-refractivity contribution in [2.75, 3.05) is 7.11 Å². The highest BCUT2D eigenvalue weighted by molar-refractivity contribution is 5.73. The molecule has 3 aromatic rings. The molecule has 0 aliphatic rings. The van der Waals surface area contributed by atoms with Crippen LogP contribution in [0.2, 0.25) is 0 Å². The summed E-state index contributed by atoms with van der Waals surface area (Å²) in [6, 6.07) is 22.0. The number of rotatable bonds is 3. The summed E-state index contributed by atoms with van der Waals surface area (Å²) in [6.07, 6.45) is 0. The van der Waals surface area contributed by atoms with Crippen LogP contribution < -0.4 is 4.74 Å². The van der Waals surface area contributed by atoms with Crippen LogP contribution in [0, 0.1) is 6.92 Å². The maximum atomic E-state index is 9.83. The summed E-state index contributed by atoms with van der Waals surface area (Å²) in [6.45, 7) is 1.93. The van der Waals surface area contributed by atoms with Gasteiger partial charge < -0.3 is 9.84 Å². The van der Waals surface area contributed by atoms with E-state index in [1.807, 2.05) is 43.3 Å². The summed E-state index contributed by atoms with van der Waals surface area (Å²) in [5, 5.41) is 9.83. The van der Waals surface area contributed by atoms with Crippen LogP contribution >= 0.6 is 0 Å². The zero-order valence-corrected chi connectivity index (χ0v) is 12.7. The lowest BCUT2D eigenvalue weighted by atomic mass is 9.97. The monoisotopic (exact) mass is 290 g/mol. The maximum Gasteiger partial charge on any atom is 0.119 e. The highest BCUT2D eigenvalue weighted by Gasteiger charge is 2.06. The lowest BCUT2D eigenvalue weighted by Gasteiger charge is -2.09. The molecule has 0 amide bonds. The Morgan fingerprint density at radius 3 is 1.86 bits per heavy atom. The molecule has 0 fully saturated rings. The number of methoxy groups -OCH3 is 1. The van der Waals surface area contributed by atoms with E-state index in [1.54, 1.807) is 13.2 Å². The van der Waals surface area contributed by atoms with E-state index in [9.17, 15) is 5.11 Å². The lowest BCUT2D eigenvalue weighted by Crippen LogP contribution is -1.85. The predicted octanol–water partition coefficient (Wildman–Crippen LogP) is 5.04.